The lowest BCUT2D eigenvalue weighted by molar-refractivity contribution is 0.386. The van der Waals surface area contributed by atoms with Gasteiger partial charge in [-0.2, -0.15) is 8.42 Å². The van der Waals surface area contributed by atoms with E-state index in [1.165, 1.54) is 10.4 Å². The molecule has 2 aromatic heterocycles. The number of rotatable bonds is 1. The molecule has 1 saturated heterocycles. The van der Waals surface area contributed by atoms with Crippen LogP contribution in [0.4, 0.5) is 5.82 Å². The van der Waals surface area contributed by atoms with E-state index < -0.39 is 10.0 Å². The van der Waals surface area contributed by atoms with Crippen molar-refractivity contribution < 1.29 is 8.42 Å². The number of aryl methyl sites for hydroxylation is 2. The summed E-state index contributed by atoms with van der Waals surface area (Å²) in [6.45, 7) is 7.11. The Balaban J connectivity index is 1.43. The molecule has 0 bridgehead atoms. The molecule has 0 radical (unpaired) electrons. The third-order valence-electron chi connectivity index (χ3n) is 5.44. The van der Waals surface area contributed by atoms with Crippen LogP contribution in [0.15, 0.2) is 39.9 Å². The van der Waals surface area contributed by atoms with Crippen molar-refractivity contribution in [1.29, 1.82) is 0 Å². The first-order chi connectivity index (χ1) is 13.5. The Labute approximate surface area is 167 Å². The number of piperazine rings is 1. The summed E-state index contributed by atoms with van der Waals surface area (Å²) in [4.78, 5) is 15.9. The van der Waals surface area contributed by atoms with E-state index in [-0.39, 0.29) is 0 Å². The Hall–Kier alpha value is -2.52. The van der Waals surface area contributed by atoms with Crippen molar-refractivity contribution in [3.8, 4) is 0 Å². The predicted molar refractivity (Wildman–Crippen MR) is 111 cm³/mol. The number of hydrogen-bond donors (Lipinski definition) is 0. The van der Waals surface area contributed by atoms with Crippen LogP contribution >= 0.6 is 11.3 Å². The topological polar surface area (TPSA) is 78.8 Å². The molecule has 2 aliphatic rings. The maximum atomic E-state index is 12.3. The summed E-state index contributed by atoms with van der Waals surface area (Å²) in [6, 6.07) is 7.04. The number of nitrogens with zero attached hydrogens (tertiary/aromatic N) is 5. The number of sulfonamides is 1. The molecule has 0 saturated carbocycles. The molecule has 0 atom stereocenters. The van der Waals surface area contributed by atoms with Gasteiger partial charge in [0.1, 0.15) is 21.9 Å². The van der Waals surface area contributed by atoms with Gasteiger partial charge < -0.3 is 9.80 Å². The quantitative estimate of drug-likeness (QED) is 0.610. The van der Waals surface area contributed by atoms with Gasteiger partial charge in [-0.05, 0) is 31.5 Å². The van der Waals surface area contributed by atoms with E-state index in [1.807, 2.05) is 12.1 Å². The van der Waals surface area contributed by atoms with Gasteiger partial charge in [-0.25, -0.2) is 9.97 Å². The number of fused-ring (bicyclic) bond motifs is 2. The van der Waals surface area contributed by atoms with Crippen LogP contribution in [-0.2, 0) is 10.0 Å². The highest BCUT2D eigenvalue weighted by molar-refractivity contribution is 7.90. The van der Waals surface area contributed by atoms with Crippen molar-refractivity contribution >= 4 is 43.2 Å². The van der Waals surface area contributed by atoms with E-state index in [0.717, 1.165) is 29.1 Å². The van der Waals surface area contributed by atoms with Crippen molar-refractivity contribution in [2.45, 2.75) is 18.7 Å². The first-order valence-corrected chi connectivity index (χ1v) is 11.4. The van der Waals surface area contributed by atoms with E-state index in [2.05, 4.69) is 38.0 Å². The molecule has 7 nitrogen and oxygen atoms in total. The third-order valence-corrected chi connectivity index (χ3v) is 7.88. The van der Waals surface area contributed by atoms with Crippen molar-refractivity contribution in [3.05, 3.63) is 46.6 Å². The maximum absolute atomic E-state index is 12.3. The average molecular weight is 414 g/mol. The van der Waals surface area contributed by atoms with Gasteiger partial charge in [0.05, 0.1) is 5.39 Å². The fraction of sp³-hybridized carbons (Fsp3) is 0.316. The molecular formula is C19H19N5O2S2. The molecule has 0 unspecified atom stereocenters. The molecule has 0 spiro atoms. The second-order valence-electron chi connectivity index (χ2n) is 7.02. The molecule has 0 amide bonds. The lowest BCUT2D eigenvalue weighted by atomic mass is 10.1. The maximum Gasteiger partial charge on any atom is 0.285 e. The minimum atomic E-state index is -3.59. The van der Waals surface area contributed by atoms with Gasteiger partial charge in [-0.3, -0.25) is 0 Å². The SMILES string of the molecule is Cc1sc2ncnc(N3CCN(C4=NS(=O)(=O)c5ccccc54)CC3)c2c1C. The second-order valence-corrected chi connectivity index (χ2v) is 9.80. The monoisotopic (exact) mass is 413 g/mol. The number of aromatic nitrogens is 2. The minimum Gasteiger partial charge on any atom is -0.352 e. The number of benzene rings is 1. The molecule has 144 valence electrons. The first kappa shape index (κ1) is 17.6. The molecule has 0 N–H and O–H groups in total. The summed E-state index contributed by atoms with van der Waals surface area (Å²) in [5, 5.41) is 1.13. The summed E-state index contributed by atoms with van der Waals surface area (Å²) < 4.78 is 28.7. The predicted octanol–water partition coefficient (Wildman–Crippen LogP) is 2.58. The zero-order chi connectivity index (χ0) is 19.5. The van der Waals surface area contributed by atoms with Crippen LogP contribution in [0.1, 0.15) is 16.0 Å². The molecule has 0 aliphatic carbocycles. The van der Waals surface area contributed by atoms with Crippen LogP contribution < -0.4 is 4.90 Å². The Bertz CT molecular complexity index is 1220. The number of hydrogen-bond acceptors (Lipinski definition) is 7. The molecule has 1 fully saturated rings. The fourth-order valence-electron chi connectivity index (χ4n) is 3.85. The summed E-state index contributed by atoms with van der Waals surface area (Å²) in [5.41, 5.74) is 1.93. The zero-order valence-corrected chi connectivity index (χ0v) is 17.2. The Kier molecular flexibility index (Phi) is 3.92. The van der Waals surface area contributed by atoms with Gasteiger partial charge >= 0.3 is 0 Å². The summed E-state index contributed by atoms with van der Waals surface area (Å²) in [6.07, 6.45) is 1.63. The summed E-state index contributed by atoms with van der Waals surface area (Å²) >= 11 is 1.70. The normalized spacial score (nSPS) is 18.4. The van der Waals surface area contributed by atoms with Crippen molar-refractivity contribution in [1.82, 2.24) is 14.9 Å². The van der Waals surface area contributed by atoms with Crippen LogP contribution in [-0.4, -0.2) is 55.3 Å². The van der Waals surface area contributed by atoms with Crippen molar-refractivity contribution in [2.24, 2.45) is 4.40 Å². The average Bonchev–Trinajstić information content (AvgIpc) is 3.15. The van der Waals surface area contributed by atoms with Gasteiger partial charge in [0, 0.05) is 36.6 Å². The molecule has 28 heavy (non-hydrogen) atoms. The number of amidine groups is 1. The molecule has 3 aromatic rings. The molecule has 1 aromatic carbocycles. The van der Waals surface area contributed by atoms with Gasteiger partial charge in [0.25, 0.3) is 10.0 Å². The van der Waals surface area contributed by atoms with Gasteiger partial charge in [0.15, 0.2) is 5.84 Å². The standard InChI is InChI=1S/C19H19N5O2S2/c1-12-13(2)27-19-16(12)18(20-11-21-19)24-9-7-23(8-10-24)17-14-5-3-4-6-15(14)28(25,26)22-17/h3-6,11H,7-10H2,1-2H3. The number of anilines is 1. The van der Waals surface area contributed by atoms with E-state index in [9.17, 15) is 8.42 Å². The van der Waals surface area contributed by atoms with E-state index in [0.29, 0.717) is 29.4 Å². The molecule has 5 rings (SSSR count). The summed E-state index contributed by atoms with van der Waals surface area (Å²) in [7, 11) is -3.59. The van der Waals surface area contributed by atoms with E-state index in [4.69, 9.17) is 0 Å². The smallest absolute Gasteiger partial charge is 0.285 e. The molecule has 2 aliphatic heterocycles. The van der Waals surface area contributed by atoms with Gasteiger partial charge in [-0.15, -0.1) is 15.7 Å². The zero-order valence-electron chi connectivity index (χ0n) is 15.6. The Morgan fingerprint density at radius 2 is 1.71 bits per heavy atom. The van der Waals surface area contributed by atoms with Crippen LogP contribution in [0, 0.1) is 13.8 Å². The Morgan fingerprint density at radius 3 is 2.50 bits per heavy atom. The van der Waals surface area contributed by atoms with Gasteiger partial charge in [-0.1, -0.05) is 12.1 Å². The van der Waals surface area contributed by atoms with Crippen LogP contribution in [0.5, 0.6) is 0 Å². The number of thiophene rings is 1. The summed E-state index contributed by atoms with van der Waals surface area (Å²) in [5.74, 6) is 1.53. The highest BCUT2D eigenvalue weighted by Gasteiger charge is 2.33. The van der Waals surface area contributed by atoms with E-state index >= 15 is 0 Å². The Morgan fingerprint density at radius 1 is 1.00 bits per heavy atom. The van der Waals surface area contributed by atoms with Gasteiger partial charge in [0.2, 0.25) is 0 Å². The largest absolute Gasteiger partial charge is 0.352 e. The minimum absolute atomic E-state index is 0.300. The molecule has 4 heterocycles. The van der Waals surface area contributed by atoms with Crippen molar-refractivity contribution in [3.63, 3.8) is 0 Å². The molecular weight excluding hydrogens is 394 g/mol. The van der Waals surface area contributed by atoms with Crippen LogP contribution in [0.3, 0.4) is 0 Å². The van der Waals surface area contributed by atoms with E-state index in [1.54, 1.807) is 29.8 Å². The van der Waals surface area contributed by atoms with Crippen LogP contribution in [0.2, 0.25) is 0 Å². The molecule has 9 heteroatoms. The van der Waals surface area contributed by atoms with Crippen LogP contribution in [0.25, 0.3) is 10.2 Å². The second kappa shape index (κ2) is 6.25. The highest BCUT2D eigenvalue weighted by Crippen LogP contribution is 2.35. The lowest BCUT2D eigenvalue weighted by Gasteiger charge is -2.36. The first-order valence-electron chi connectivity index (χ1n) is 9.10. The highest BCUT2D eigenvalue weighted by atomic mass is 32.2. The third kappa shape index (κ3) is 2.61. The van der Waals surface area contributed by atoms with Crippen molar-refractivity contribution in [2.75, 3.05) is 31.1 Å². The fourth-order valence-corrected chi connectivity index (χ4v) is 6.07. The lowest BCUT2D eigenvalue weighted by Crippen LogP contribution is -2.49.